The monoisotopic (exact) mass is 284 g/mol. The zero-order chi connectivity index (χ0) is 15.1. The summed E-state index contributed by atoms with van der Waals surface area (Å²) in [4.78, 5) is 22.6. The van der Waals surface area contributed by atoms with Crippen LogP contribution >= 0.6 is 0 Å². The quantitative estimate of drug-likeness (QED) is 0.744. The summed E-state index contributed by atoms with van der Waals surface area (Å²) in [6, 6.07) is 2.58. The number of aromatic carboxylic acids is 1. The molecule has 1 rings (SSSR count). The number of urea groups is 1. The highest BCUT2D eigenvalue weighted by Crippen LogP contribution is 2.16. The number of halogens is 1. The van der Waals surface area contributed by atoms with Gasteiger partial charge in [0.15, 0.2) is 0 Å². The van der Waals surface area contributed by atoms with Crippen LogP contribution in [0.15, 0.2) is 18.2 Å². The average Bonchev–Trinajstić information content (AvgIpc) is 2.38. The van der Waals surface area contributed by atoms with Gasteiger partial charge in [0.05, 0.1) is 17.9 Å². The van der Waals surface area contributed by atoms with E-state index >= 15 is 0 Å². The summed E-state index contributed by atoms with van der Waals surface area (Å²) in [6.45, 7) is 2.77. The first-order chi connectivity index (χ1) is 9.43. The number of carbonyl (C=O) groups excluding carboxylic acids is 1. The molecule has 0 bridgehead atoms. The van der Waals surface area contributed by atoms with Gasteiger partial charge in [0.25, 0.3) is 0 Å². The SMILES string of the molecule is COCC(C)CNC(=O)Nc1ccc(F)cc1C(=O)O. The lowest BCUT2D eigenvalue weighted by atomic mass is 10.1. The van der Waals surface area contributed by atoms with Crippen LogP contribution in [0.1, 0.15) is 17.3 Å². The minimum atomic E-state index is -1.31. The molecule has 0 fully saturated rings. The standard InChI is InChI=1S/C13H17FN2O4/c1-8(7-20-2)6-15-13(19)16-11-4-3-9(14)5-10(11)12(17)18/h3-5,8H,6-7H2,1-2H3,(H,17,18)(H2,15,16,19). The van der Waals surface area contributed by atoms with Crippen LogP contribution in [0.2, 0.25) is 0 Å². The minimum absolute atomic E-state index is 0.0378. The van der Waals surface area contributed by atoms with E-state index in [4.69, 9.17) is 9.84 Å². The second kappa shape index (κ2) is 7.44. The van der Waals surface area contributed by atoms with E-state index in [-0.39, 0.29) is 17.2 Å². The van der Waals surface area contributed by atoms with E-state index in [2.05, 4.69) is 10.6 Å². The van der Waals surface area contributed by atoms with E-state index < -0.39 is 17.8 Å². The summed E-state index contributed by atoms with van der Waals surface area (Å²) in [5, 5.41) is 13.9. The lowest BCUT2D eigenvalue weighted by Crippen LogP contribution is -2.33. The third-order valence-electron chi connectivity index (χ3n) is 2.52. The topological polar surface area (TPSA) is 87.7 Å². The molecule has 2 amide bonds. The Morgan fingerprint density at radius 1 is 1.45 bits per heavy atom. The van der Waals surface area contributed by atoms with Gasteiger partial charge in [-0.1, -0.05) is 6.92 Å². The summed E-state index contributed by atoms with van der Waals surface area (Å²) in [6.07, 6.45) is 0. The highest BCUT2D eigenvalue weighted by Gasteiger charge is 2.13. The van der Waals surface area contributed by atoms with Crippen molar-refractivity contribution in [2.24, 2.45) is 5.92 Å². The highest BCUT2D eigenvalue weighted by atomic mass is 19.1. The second-order valence-corrected chi connectivity index (χ2v) is 4.39. The van der Waals surface area contributed by atoms with Crippen LogP contribution in [0.25, 0.3) is 0 Å². The summed E-state index contributed by atoms with van der Waals surface area (Å²) in [5.41, 5.74) is -0.263. The van der Waals surface area contributed by atoms with Crippen LogP contribution in [0.4, 0.5) is 14.9 Å². The zero-order valence-corrected chi connectivity index (χ0v) is 11.3. The molecule has 0 aliphatic carbocycles. The zero-order valence-electron chi connectivity index (χ0n) is 11.3. The molecule has 7 heteroatoms. The van der Waals surface area contributed by atoms with Crippen molar-refractivity contribution in [2.45, 2.75) is 6.92 Å². The first kappa shape index (κ1) is 15.9. The number of ether oxygens (including phenoxy) is 1. The van der Waals surface area contributed by atoms with Crippen LogP contribution in [0.5, 0.6) is 0 Å². The lowest BCUT2D eigenvalue weighted by molar-refractivity contribution is 0.0697. The Labute approximate surface area is 115 Å². The van der Waals surface area contributed by atoms with Crippen molar-refractivity contribution in [1.82, 2.24) is 5.32 Å². The Hall–Kier alpha value is -2.15. The molecule has 1 unspecified atom stereocenters. The van der Waals surface area contributed by atoms with Gasteiger partial charge in [-0.3, -0.25) is 0 Å². The van der Waals surface area contributed by atoms with Crippen molar-refractivity contribution >= 4 is 17.7 Å². The molecule has 1 aromatic carbocycles. The number of hydrogen-bond donors (Lipinski definition) is 3. The molecule has 20 heavy (non-hydrogen) atoms. The number of anilines is 1. The van der Waals surface area contributed by atoms with Crippen molar-refractivity contribution in [3.8, 4) is 0 Å². The molecule has 110 valence electrons. The molecule has 1 aromatic rings. The van der Waals surface area contributed by atoms with Gasteiger partial charge in [0.1, 0.15) is 5.82 Å². The Bertz CT molecular complexity index is 493. The number of amides is 2. The number of carboxylic acid groups (broad SMARTS) is 1. The van der Waals surface area contributed by atoms with Gasteiger partial charge >= 0.3 is 12.0 Å². The number of hydrogen-bond acceptors (Lipinski definition) is 3. The summed E-state index contributed by atoms with van der Waals surface area (Å²) in [5.74, 6) is -1.87. The maximum Gasteiger partial charge on any atom is 0.337 e. The van der Waals surface area contributed by atoms with Gasteiger partial charge in [-0.25, -0.2) is 14.0 Å². The second-order valence-electron chi connectivity index (χ2n) is 4.39. The van der Waals surface area contributed by atoms with Gasteiger partial charge < -0.3 is 20.5 Å². The van der Waals surface area contributed by atoms with Crippen LogP contribution in [-0.2, 0) is 4.74 Å². The molecule has 6 nitrogen and oxygen atoms in total. The van der Waals surface area contributed by atoms with Crippen LogP contribution < -0.4 is 10.6 Å². The Balaban J connectivity index is 2.64. The Kier molecular flexibility index (Phi) is 5.92. The third kappa shape index (κ3) is 4.85. The number of nitrogens with one attached hydrogen (secondary N) is 2. The number of carbonyl (C=O) groups is 2. The van der Waals surface area contributed by atoms with Gasteiger partial charge in [0, 0.05) is 13.7 Å². The van der Waals surface area contributed by atoms with Gasteiger partial charge in [0.2, 0.25) is 0 Å². The fourth-order valence-corrected chi connectivity index (χ4v) is 1.58. The molecule has 0 aliphatic heterocycles. The maximum absolute atomic E-state index is 13.0. The van der Waals surface area contributed by atoms with Gasteiger partial charge in [-0.05, 0) is 24.1 Å². The molecular formula is C13H17FN2O4. The third-order valence-corrected chi connectivity index (χ3v) is 2.52. The van der Waals surface area contributed by atoms with Crippen molar-refractivity contribution in [3.63, 3.8) is 0 Å². The van der Waals surface area contributed by atoms with Crippen LogP contribution in [0.3, 0.4) is 0 Å². The summed E-state index contributed by atoms with van der Waals surface area (Å²) in [7, 11) is 1.56. The van der Waals surface area contributed by atoms with E-state index in [9.17, 15) is 14.0 Å². The van der Waals surface area contributed by atoms with Crippen molar-refractivity contribution in [3.05, 3.63) is 29.6 Å². The molecule has 0 aliphatic rings. The molecule has 0 saturated heterocycles. The Morgan fingerprint density at radius 2 is 2.15 bits per heavy atom. The number of rotatable bonds is 6. The molecule has 3 N–H and O–H groups in total. The predicted molar refractivity (Wildman–Crippen MR) is 71.4 cm³/mol. The first-order valence-corrected chi connectivity index (χ1v) is 6.00. The number of benzene rings is 1. The van der Waals surface area contributed by atoms with Crippen molar-refractivity contribution in [2.75, 3.05) is 25.6 Å². The normalized spacial score (nSPS) is 11.8. The van der Waals surface area contributed by atoms with E-state index in [1.807, 2.05) is 6.92 Å². The fourth-order valence-electron chi connectivity index (χ4n) is 1.58. The largest absolute Gasteiger partial charge is 0.478 e. The molecule has 0 radical (unpaired) electrons. The van der Waals surface area contributed by atoms with Crippen molar-refractivity contribution in [1.29, 1.82) is 0 Å². The van der Waals surface area contributed by atoms with Crippen LogP contribution in [-0.4, -0.2) is 37.4 Å². The highest BCUT2D eigenvalue weighted by molar-refractivity contribution is 5.99. The first-order valence-electron chi connectivity index (χ1n) is 6.00. The number of methoxy groups -OCH3 is 1. The molecule has 0 saturated carbocycles. The Morgan fingerprint density at radius 3 is 2.75 bits per heavy atom. The average molecular weight is 284 g/mol. The summed E-state index contributed by atoms with van der Waals surface area (Å²) < 4.78 is 17.9. The van der Waals surface area contributed by atoms with Crippen molar-refractivity contribution < 1.29 is 23.8 Å². The minimum Gasteiger partial charge on any atom is -0.478 e. The van der Waals surface area contributed by atoms with E-state index in [0.717, 1.165) is 12.1 Å². The lowest BCUT2D eigenvalue weighted by Gasteiger charge is -2.13. The van der Waals surface area contributed by atoms with E-state index in [0.29, 0.717) is 13.2 Å². The smallest absolute Gasteiger partial charge is 0.337 e. The van der Waals surface area contributed by atoms with Gasteiger partial charge in [-0.2, -0.15) is 0 Å². The maximum atomic E-state index is 13.0. The number of carboxylic acids is 1. The summed E-state index contributed by atoms with van der Waals surface area (Å²) >= 11 is 0. The van der Waals surface area contributed by atoms with E-state index in [1.54, 1.807) is 7.11 Å². The predicted octanol–water partition coefficient (Wildman–Crippen LogP) is 1.93. The van der Waals surface area contributed by atoms with Gasteiger partial charge in [-0.15, -0.1) is 0 Å². The molecule has 0 aromatic heterocycles. The fraction of sp³-hybridized carbons (Fsp3) is 0.385. The van der Waals surface area contributed by atoms with E-state index in [1.165, 1.54) is 6.07 Å². The molecule has 1 atom stereocenters. The molecule has 0 heterocycles. The van der Waals surface area contributed by atoms with Crippen LogP contribution in [0, 0.1) is 11.7 Å². The molecular weight excluding hydrogens is 267 g/mol. The molecule has 0 spiro atoms.